The molecule has 222 valence electrons. The number of benzene rings is 7. The van der Waals surface area contributed by atoms with Crippen LogP contribution in [-0.4, -0.2) is 0 Å². The van der Waals surface area contributed by atoms with Gasteiger partial charge < -0.3 is 0 Å². The van der Waals surface area contributed by atoms with Crippen LogP contribution in [0.15, 0.2) is 194 Å². The monoisotopic (exact) mass is 628 g/mol. The molecule has 0 fully saturated rings. The molecule has 0 aliphatic carbocycles. The second-order valence-electron chi connectivity index (χ2n) is 11.8. The Morgan fingerprint density at radius 2 is 0.413 bits per heavy atom. The van der Waals surface area contributed by atoms with Crippen LogP contribution in [0.25, 0.3) is 0 Å². The van der Waals surface area contributed by atoms with Crippen LogP contribution in [0, 0.1) is 13.8 Å². The molecule has 7 aromatic rings. The van der Waals surface area contributed by atoms with Crippen LogP contribution >= 0.6 is 14.5 Å². The van der Waals surface area contributed by atoms with Gasteiger partial charge in [-0.1, -0.05) is 121 Å². The van der Waals surface area contributed by atoms with Gasteiger partial charge in [-0.05, 0) is 97.8 Å². The fraction of sp³-hybridized carbons (Fsp3) is 0.0455. The summed E-state index contributed by atoms with van der Waals surface area (Å²) in [5, 5.41) is 11.2. The normalized spacial score (nSPS) is 11.7. The van der Waals surface area contributed by atoms with E-state index in [1.165, 1.54) is 53.6 Å². The van der Waals surface area contributed by atoms with Gasteiger partial charge in [0.05, 0.1) is 0 Å². The Morgan fingerprint density at radius 3 is 0.587 bits per heavy atom. The van der Waals surface area contributed by atoms with Gasteiger partial charge in [-0.25, -0.2) is 0 Å². The first-order valence-corrected chi connectivity index (χ1v) is 19.5. The lowest BCUT2D eigenvalue weighted by Crippen LogP contribution is -2.51. The van der Waals surface area contributed by atoms with Crippen molar-refractivity contribution >= 4 is 57.0 Å². The van der Waals surface area contributed by atoms with E-state index in [2.05, 4.69) is 208 Å². The predicted molar refractivity (Wildman–Crippen MR) is 205 cm³/mol. The zero-order chi connectivity index (χ0) is 31.4. The molecule has 0 spiro atoms. The van der Waals surface area contributed by atoms with Gasteiger partial charge >= 0.3 is 0 Å². The first kappa shape index (κ1) is 30.1. The van der Waals surface area contributed by atoms with Crippen molar-refractivity contribution < 1.29 is 0 Å². The maximum atomic E-state index is 2.37. The highest BCUT2D eigenvalue weighted by molar-refractivity contribution is 8.06. The molecule has 0 saturated heterocycles. The minimum absolute atomic E-state index is 1.33. The van der Waals surface area contributed by atoms with Crippen molar-refractivity contribution in [1.82, 2.24) is 0 Å². The summed E-state index contributed by atoms with van der Waals surface area (Å²) in [7, 11) is -4.88. The third-order valence-corrected chi connectivity index (χ3v) is 18.2. The van der Waals surface area contributed by atoms with E-state index in [9.17, 15) is 0 Å². The van der Waals surface area contributed by atoms with E-state index in [0.29, 0.717) is 0 Å². The van der Waals surface area contributed by atoms with Crippen LogP contribution in [-0.2, 0) is 0 Å². The summed E-state index contributed by atoms with van der Waals surface area (Å²) in [5.74, 6) is 0. The van der Waals surface area contributed by atoms with E-state index in [1.54, 1.807) is 0 Å². The van der Waals surface area contributed by atoms with Gasteiger partial charge in [-0.15, -0.1) is 0 Å². The van der Waals surface area contributed by atoms with Crippen LogP contribution in [0.2, 0.25) is 0 Å². The fourth-order valence-electron chi connectivity index (χ4n) is 7.21. The van der Waals surface area contributed by atoms with Crippen LogP contribution in [0.3, 0.4) is 0 Å². The molecule has 0 nitrogen and oxygen atoms in total. The smallest absolute Gasteiger partial charge is 0.0620 e. The van der Waals surface area contributed by atoms with Gasteiger partial charge in [-0.3, -0.25) is 0 Å². The maximum Gasteiger partial charge on any atom is 0.156 e. The van der Waals surface area contributed by atoms with Crippen molar-refractivity contribution in [3.63, 3.8) is 0 Å². The number of rotatable bonds is 8. The molecule has 0 aliphatic heterocycles. The average molecular weight is 629 g/mol. The SMILES string of the molecule is Cc1ccc(C)c([P+](c2ccccc2)(c2ccccc2)c2ccccc2)c1[P+](c1ccccc1)(c1ccccc1)c1ccccc1. The Bertz CT molecular complexity index is 1680. The van der Waals surface area contributed by atoms with E-state index in [-0.39, 0.29) is 0 Å². The Kier molecular flexibility index (Phi) is 8.51. The summed E-state index contributed by atoms with van der Waals surface area (Å²) in [6.07, 6.45) is 0. The van der Waals surface area contributed by atoms with Crippen LogP contribution in [0.5, 0.6) is 0 Å². The molecular weight excluding hydrogens is 590 g/mol. The molecule has 46 heavy (non-hydrogen) atoms. The summed E-state index contributed by atoms with van der Waals surface area (Å²) < 4.78 is 0. The minimum atomic E-state index is -2.44. The Morgan fingerprint density at radius 1 is 0.239 bits per heavy atom. The molecule has 7 aromatic carbocycles. The van der Waals surface area contributed by atoms with Crippen molar-refractivity contribution in [2.24, 2.45) is 0 Å². The topological polar surface area (TPSA) is 0 Å². The number of hydrogen-bond donors (Lipinski definition) is 0. The standard InChI is InChI=1S/C44H38P2/c1-35-33-34-36(2)44(46(40-27-15-6-16-28-40,41-29-17-7-18-30-41)42-31-19-8-20-32-42)43(35)45(37-21-9-3-10-22-37,38-23-11-4-12-24-38)39-25-13-5-14-26-39/h3-34H,1-2H3/q+2. The van der Waals surface area contributed by atoms with Gasteiger partial charge in [-0.2, -0.15) is 0 Å². The zero-order valence-electron chi connectivity index (χ0n) is 26.4. The van der Waals surface area contributed by atoms with E-state index in [1.807, 2.05) is 0 Å². The van der Waals surface area contributed by atoms with Crippen LogP contribution in [0.1, 0.15) is 11.1 Å². The molecule has 0 atom stereocenters. The van der Waals surface area contributed by atoms with Gasteiger partial charge in [0, 0.05) is 0 Å². The third-order valence-electron chi connectivity index (χ3n) is 9.09. The highest BCUT2D eigenvalue weighted by atomic mass is 31.2. The summed E-state index contributed by atoms with van der Waals surface area (Å²) >= 11 is 0. The molecule has 0 N–H and O–H groups in total. The molecule has 0 amide bonds. The van der Waals surface area contributed by atoms with E-state index in [4.69, 9.17) is 0 Å². The number of aryl methyl sites for hydroxylation is 2. The second-order valence-corrected chi connectivity index (χ2v) is 18.4. The molecule has 0 aromatic heterocycles. The summed E-state index contributed by atoms with van der Waals surface area (Å²) in [6.45, 7) is 4.69. The first-order valence-electron chi connectivity index (χ1n) is 15.9. The molecule has 0 unspecified atom stereocenters. The lowest BCUT2D eigenvalue weighted by molar-refractivity contribution is 1.46. The molecule has 2 heteroatoms. The Hall–Kier alpha value is -4.60. The fourth-order valence-corrected chi connectivity index (χ4v) is 17.4. The second kappa shape index (κ2) is 13.0. The molecule has 0 saturated carbocycles. The Labute approximate surface area is 275 Å². The molecule has 0 heterocycles. The predicted octanol–water partition coefficient (Wildman–Crippen LogP) is 7.54. The summed E-state index contributed by atoms with van der Waals surface area (Å²) in [4.78, 5) is 0. The van der Waals surface area contributed by atoms with Crippen molar-refractivity contribution in [2.45, 2.75) is 13.8 Å². The highest BCUT2D eigenvalue weighted by Gasteiger charge is 2.59. The Balaban J connectivity index is 1.77. The maximum absolute atomic E-state index is 2.44. The van der Waals surface area contributed by atoms with Gasteiger partial charge in [0.2, 0.25) is 0 Å². The largest absolute Gasteiger partial charge is 0.156 e. The lowest BCUT2D eigenvalue weighted by atomic mass is 10.2. The zero-order valence-corrected chi connectivity index (χ0v) is 28.2. The van der Waals surface area contributed by atoms with Crippen molar-refractivity contribution in [3.8, 4) is 0 Å². The van der Waals surface area contributed by atoms with Crippen molar-refractivity contribution in [1.29, 1.82) is 0 Å². The van der Waals surface area contributed by atoms with Gasteiger partial charge in [0.15, 0.2) is 10.6 Å². The highest BCUT2D eigenvalue weighted by Crippen LogP contribution is 2.61. The summed E-state index contributed by atoms with van der Waals surface area (Å²) in [6, 6.07) is 72.6. The van der Waals surface area contributed by atoms with Crippen molar-refractivity contribution in [3.05, 3.63) is 205 Å². The van der Waals surface area contributed by atoms with E-state index >= 15 is 0 Å². The molecule has 7 rings (SSSR count). The minimum Gasteiger partial charge on any atom is -0.0620 e. The van der Waals surface area contributed by atoms with Crippen LogP contribution < -0.4 is 42.4 Å². The van der Waals surface area contributed by atoms with Gasteiger partial charge in [0.1, 0.15) is 46.4 Å². The third kappa shape index (κ3) is 4.94. The van der Waals surface area contributed by atoms with E-state index < -0.39 is 14.5 Å². The quantitative estimate of drug-likeness (QED) is 0.153. The number of hydrogen-bond acceptors (Lipinski definition) is 0. The average Bonchev–Trinajstić information content (AvgIpc) is 3.14. The molecule has 0 bridgehead atoms. The van der Waals surface area contributed by atoms with Crippen LogP contribution in [0.4, 0.5) is 0 Å². The molecule has 0 radical (unpaired) electrons. The van der Waals surface area contributed by atoms with Gasteiger partial charge in [0.25, 0.3) is 0 Å². The summed E-state index contributed by atoms with van der Waals surface area (Å²) in [5.41, 5.74) is 2.66. The molecule has 0 aliphatic rings. The first-order chi connectivity index (χ1) is 22.7. The van der Waals surface area contributed by atoms with E-state index in [0.717, 1.165) is 0 Å². The van der Waals surface area contributed by atoms with Crippen molar-refractivity contribution in [2.75, 3.05) is 0 Å². The lowest BCUT2D eigenvalue weighted by Gasteiger charge is -2.35. The molecular formula is C44H38P2+2.